The van der Waals surface area contributed by atoms with Gasteiger partial charge in [-0.3, -0.25) is 19.2 Å². The van der Waals surface area contributed by atoms with E-state index < -0.39 is 29.9 Å². The lowest BCUT2D eigenvalue weighted by Gasteiger charge is -2.35. The number of likely N-dealkylation sites (tertiary alicyclic amines) is 1. The monoisotopic (exact) mass is 756 g/mol. The topological polar surface area (TPSA) is 151 Å². The molecule has 4 heterocycles. The van der Waals surface area contributed by atoms with Gasteiger partial charge in [0.15, 0.2) is 0 Å². The first-order valence-electron chi connectivity index (χ1n) is 19.6. The summed E-state index contributed by atoms with van der Waals surface area (Å²) >= 11 is 1.51. The van der Waals surface area contributed by atoms with Gasteiger partial charge in [0.05, 0.1) is 27.9 Å². The number of nitrogens with zero attached hydrogens (tertiary/aromatic N) is 2. The maximum atomic E-state index is 14.5. The second-order valence-corrected chi connectivity index (χ2v) is 16.1. The van der Waals surface area contributed by atoms with Crippen LogP contribution in [0.5, 0.6) is 0 Å². The van der Waals surface area contributed by atoms with Gasteiger partial charge >= 0.3 is 0 Å². The molecule has 4 N–H and O–H groups in total. The summed E-state index contributed by atoms with van der Waals surface area (Å²) < 4.78 is 12.6. The Morgan fingerprint density at radius 3 is 2.51 bits per heavy atom. The molecule has 0 spiro atoms. The van der Waals surface area contributed by atoms with Gasteiger partial charge < -0.3 is 35.6 Å². The molecule has 3 aliphatic heterocycles. The number of nitrogens with one attached hydrogen (secondary N) is 4. The van der Waals surface area contributed by atoms with Gasteiger partial charge in [0, 0.05) is 50.2 Å². The molecule has 4 aliphatic rings. The molecule has 296 valence electrons. The van der Waals surface area contributed by atoms with Gasteiger partial charge in [-0.25, -0.2) is 4.98 Å². The Kier molecular flexibility index (Phi) is 13.6. The standard InChI is InChI=1S/C40H56N6O6S.4H2/c1-4-25-10-11-30-34(23-25)53-36(42-30)24-32(41-35(47)5-2)39(49)45-37(27-14-19-51-20-15-27)40(50)44-31(22-26-12-17-46(3)18-13-26)38(48)43-29-16-21-52-33-9-7-6-8-28(29)33;;;;/h6,8,10-11,23,26-27,29,31-32,37H,4-5,7,9,12-22,24H2,1-3H3,(H,41,47)(H,43,48)(H,44,50)(H,45,49);4*1H/t29-,31+,32+,37+;;;;/m1..../s1. The van der Waals surface area contributed by atoms with Crippen LogP contribution in [0.2, 0.25) is 0 Å². The van der Waals surface area contributed by atoms with Crippen molar-refractivity contribution in [3.8, 4) is 0 Å². The van der Waals surface area contributed by atoms with Crippen LogP contribution in [0.4, 0.5) is 0 Å². The summed E-state index contributed by atoms with van der Waals surface area (Å²) in [5, 5.41) is 13.0. The maximum absolute atomic E-state index is 14.5. The van der Waals surface area contributed by atoms with Gasteiger partial charge in [-0.05, 0) is 94.6 Å². The van der Waals surface area contributed by atoms with E-state index in [2.05, 4.69) is 64.4 Å². The molecular weight excluding hydrogens is 693 g/mol. The number of carbonyl (C=O) groups is 4. The van der Waals surface area contributed by atoms with Gasteiger partial charge in [0.2, 0.25) is 23.6 Å². The lowest BCUT2D eigenvalue weighted by atomic mass is 9.88. The van der Waals surface area contributed by atoms with Gasteiger partial charge in [0.25, 0.3) is 0 Å². The Bertz CT molecular complexity index is 1700. The highest BCUT2D eigenvalue weighted by atomic mass is 32.1. The molecule has 4 atom stereocenters. The van der Waals surface area contributed by atoms with Crippen LogP contribution < -0.4 is 21.3 Å². The first-order chi connectivity index (χ1) is 25.7. The molecule has 2 saturated heterocycles. The predicted octanol–water partition coefficient (Wildman–Crippen LogP) is 4.92. The highest BCUT2D eigenvalue weighted by Crippen LogP contribution is 2.29. The molecule has 2 fully saturated rings. The number of aryl methyl sites for hydroxylation is 1. The molecule has 0 unspecified atom stereocenters. The minimum Gasteiger partial charge on any atom is -0.497 e. The van der Waals surface area contributed by atoms with E-state index in [9.17, 15) is 19.2 Å². The van der Waals surface area contributed by atoms with Crippen molar-refractivity contribution in [1.29, 1.82) is 0 Å². The van der Waals surface area contributed by atoms with Crippen molar-refractivity contribution < 1.29 is 34.4 Å². The lowest BCUT2D eigenvalue weighted by Crippen LogP contribution is -2.60. The molecule has 0 radical (unpaired) electrons. The Morgan fingerprint density at radius 2 is 1.75 bits per heavy atom. The maximum Gasteiger partial charge on any atom is 0.243 e. The van der Waals surface area contributed by atoms with Crippen molar-refractivity contribution in [1.82, 2.24) is 31.2 Å². The molecule has 1 aromatic carbocycles. The minimum absolute atomic E-state index is 0. The van der Waals surface area contributed by atoms with E-state index in [-0.39, 0.29) is 48.2 Å². The zero-order valence-electron chi connectivity index (χ0n) is 31.4. The van der Waals surface area contributed by atoms with Crippen LogP contribution in [0, 0.1) is 11.8 Å². The SMILES string of the molecule is CCC(=O)N[C@@H](Cc1nc2ccc(CC)cc2s1)C(=O)N[C@H](C(=O)N[C@@H](CC1CCN(C)CC1)C(=O)N[C@@H]1CCOC2=C1C=CCC2)C1CCOCC1.[HH].[HH].[HH].[HH]. The number of hydrogen-bond donors (Lipinski definition) is 4. The van der Waals surface area contributed by atoms with Crippen molar-refractivity contribution in [3.63, 3.8) is 0 Å². The second kappa shape index (κ2) is 18.5. The first kappa shape index (κ1) is 38.9. The summed E-state index contributed by atoms with van der Waals surface area (Å²) in [4.78, 5) is 62.6. The van der Waals surface area contributed by atoms with E-state index in [1.54, 1.807) is 6.92 Å². The zero-order chi connectivity index (χ0) is 37.3. The fourth-order valence-electron chi connectivity index (χ4n) is 7.83. The Morgan fingerprint density at radius 1 is 0.962 bits per heavy atom. The van der Waals surface area contributed by atoms with E-state index in [0.29, 0.717) is 45.5 Å². The van der Waals surface area contributed by atoms with Gasteiger partial charge in [-0.2, -0.15) is 0 Å². The third-order valence-electron chi connectivity index (χ3n) is 11.1. The smallest absolute Gasteiger partial charge is 0.243 e. The van der Waals surface area contributed by atoms with Crippen molar-refractivity contribution in [2.24, 2.45) is 11.8 Å². The van der Waals surface area contributed by atoms with Gasteiger partial charge in [0.1, 0.15) is 23.9 Å². The van der Waals surface area contributed by atoms with Crippen LogP contribution in [-0.2, 0) is 41.5 Å². The third-order valence-corrected chi connectivity index (χ3v) is 12.2. The fourth-order valence-corrected chi connectivity index (χ4v) is 8.91. The number of hydrogen-bond acceptors (Lipinski definition) is 9. The van der Waals surface area contributed by atoms with Crippen LogP contribution >= 0.6 is 11.3 Å². The highest BCUT2D eigenvalue weighted by molar-refractivity contribution is 7.18. The fraction of sp³-hybridized carbons (Fsp3) is 0.625. The molecule has 13 heteroatoms. The van der Waals surface area contributed by atoms with Crippen LogP contribution in [0.1, 0.15) is 87.9 Å². The van der Waals surface area contributed by atoms with Crippen molar-refractivity contribution in [2.45, 2.75) is 109 Å². The third kappa shape index (κ3) is 10.2. The van der Waals surface area contributed by atoms with E-state index >= 15 is 0 Å². The Balaban J connectivity index is 0.00000280. The normalized spacial score (nSPS) is 21.6. The average molecular weight is 757 g/mol. The van der Waals surface area contributed by atoms with Crippen LogP contribution in [-0.4, -0.2) is 97.6 Å². The predicted molar refractivity (Wildman–Crippen MR) is 214 cm³/mol. The number of rotatable bonds is 14. The second-order valence-electron chi connectivity index (χ2n) is 14.9. The molecule has 12 nitrogen and oxygen atoms in total. The molecule has 6 rings (SSSR count). The number of amides is 4. The minimum atomic E-state index is -0.929. The molecule has 0 saturated carbocycles. The van der Waals surface area contributed by atoms with E-state index in [1.807, 2.05) is 6.07 Å². The number of piperidine rings is 1. The van der Waals surface area contributed by atoms with Crippen LogP contribution in [0.25, 0.3) is 10.2 Å². The molecule has 53 heavy (non-hydrogen) atoms. The summed E-state index contributed by atoms with van der Waals surface area (Å²) in [6.45, 7) is 7.20. The molecule has 1 aliphatic carbocycles. The number of carbonyl (C=O) groups excluding carboxylic acids is 4. The average Bonchev–Trinajstić information content (AvgIpc) is 3.59. The summed E-state index contributed by atoms with van der Waals surface area (Å²) in [5.74, 6) is -0.322. The Labute approximate surface area is 322 Å². The summed E-state index contributed by atoms with van der Waals surface area (Å²) in [6, 6.07) is 3.34. The molecule has 4 amide bonds. The number of aromatic nitrogens is 1. The van der Waals surface area contributed by atoms with Crippen LogP contribution in [0.15, 0.2) is 41.7 Å². The van der Waals surface area contributed by atoms with E-state index in [1.165, 1.54) is 16.9 Å². The summed E-state index contributed by atoms with van der Waals surface area (Å²) in [7, 11) is 2.10. The van der Waals surface area contributed by atoms with Gasteiger partial charge in [-0.1, -0.05) is 32.1 Å². The first-order valence-corrected chi connectivity index (χ1v) is 20.4. The number of fused-ring (bicyclic) bond motifs is 1. The summed E-state index contributed by atoms with van der Waals surface area (Å²) in [6.07, 6.45) is 11.4. The lowest BCUT2D eigenvalue weighted by molar-refractivity contribution is -0.135. The van der Waals surface area contributed by atoms with E-state index in [4.69, 9.17) is 14.5 Å². The van der Waals surface area contributed by atoms with Crippen molar-refractivity contribution in [3.05, 3.63) is 52.3 Å². The Hall–Kier alpha value is -3.81. The number of thiazole rings is 1. The van der Waals surface area contributed by atoms with E-state index in [0.717, 1.165) is 71.8 Å². The highest BCUT2D eigenvalue weighted by Gasteiger charge is 2.37. The zero-order valence-corrected chi connectivity index (χ0v) is 32.2. The van der Waals surface area contributed by atoms with Crippen molar-refractivity contribution in [2.75, 3.05) is 40.0 Å². The molecule has 2 aromatic rings. The summed E-state index contributed by atoms with van der Waals surface area (Å²) in [5.41, 5.74) is 3.06. The van der Waals surface area contributed by atoms with Crippen molar-refractivity contribution >= 4 is 45.2 Å². The number of allylic oxidation sites excluding steroid dienone is 2. The van der Waals surface area contributed by atoms with Crippen LogP contribution in [0.3, 0.4) is 0 Å². The number of benzene rings is 1. The van der Waals surface area contributed by atoms with Gasteiger partial charge in [-0.15, -0.1) is 11.3 Å². The molecular formula is C40H64N6O6S. The largest absolute Gasteiger partial charge is 0.497 e. The number of ether oxygens (including phenoxy) is 2. The molecule has 0 bridgehead atoms. The molecule has 1 aromatic heterocycles. The quantitative estimate of drug-likeness (QED) is 0.212.